The lowest BCUT2D eigenvalue weighted by atomic mass is 10.1. The summed E-state index contributed by atoms with van der Waals surface area (Å²) in [5.41, 5.74) is 1.12. The van der Waals surface area contributed by atoms with Crippen LogP contribution in [0.25, 0.3) is 0 Å². The van der Waals surface area contributed by atoms with Crippen molar-refractivity contribution in [2.24, 2.45) is 0 Å². The summed E-state index contributed by atoms with van der Waals surface area (Å²) in [5.74, 6) is 0.520. The number of benzene rings is 1. The standard InChI is InChI=1S/C13H10BrCl3N2/c1-7(8-2-4-9(14)5-3-8)18-13-11(16)6-10(15)12(17)19-13/h2-7H,1H3,(H,18,19). The van der Waals surface area contributed by atoms with Crippen LogP contribution < -0.4 is 5.32 Å². The maximum atomic E-state index is 6.08. The first-order valence-corrected chi connectivity index (χ1v) is 7.43. The van der Waals surface area contributed by atoms with Gasteiger partial charge in [-0.05, 0) is 30.7 Å². The van der Waals surface area contributed by atoms with Crippen LogP contribution in [0.2, 0.25) is 15.2 Å². The molecule has 6 heteroatoms. The van der Waals surface area contributed by atoms with Gasteiger partial charge in [-0.25, -0.2) is 4.98 Å². The number of nitrogens with zero attached hydrogens (tertiary/aromatic N) is 1. The zero-order valence-electron chi connectivity index (χ0n) is 9.92. The Kier molecular flexibility index (Phi) is 4.96. The highest BCUT2D eigenvalue weighted by molar-refractivity contribution is 9.10. The molecule has 2 nitrogen and oxygen atoms in total. The lowest BCUT2D eigenvalue weighted by molar-refractivity contribution is 0.874. The van der Waals surface area contributed by atoms with Crippen LogP contribution in [-0.4, -0.2) is 4.98 Å². The lowest BCUT2D eigenvalue weighted by Crippen LogP contribution is -2.08. The van der Waals surface area contributed by atoms with E-state index in [1.54, 1.807) is 6.07 Å². The van der Waals surface area contributed by atoms with Gasteiger partial charge >= 0.3 is 0 Å². The topological polar surface area (TPSA) is 24.9 Å². The highest BCUT2D eigenvalue weighted by Gasteiger charge is 2.11. The fourth-order valence-corrected chi connectivity index (χ4v) is 2.40. The third-order valence-electron chi connectivity index (χ3n) is 2.61. The number of rotatable bonds is 3. The molecule has 2 aromatic rings. The Labute approximate surface area is 135 Å². The van der Waals surface area contributed by atoms with Gasteiger partial charge in [0.15, 0.2) is 0 Å². The van der Waals surface area contributed by atoms with Crippen molar-refractivity contribution in [3.8, 4) is 0 Å². The molecule has 0 radical (unpaired) electrons. The monoisotopic (exact) mass is 378 g/mol. The Bertz CT molecular complexity index is 587. The Morgan fingerprint density at radius 3 is 2.37 bits per heavy atom. The van der Waals surface area contributed by atoms with E-state index in [4.69, 9.17) is 34.8 Å². The fraction of sp³-hybridized carbons (Fsp3) is 0.154. The summed E-state index contributed by atoms with van der Waals surface area (Å²) in [6.45, 7) is 2.02. The molecule has 0 aliphatic carbocycles. The molecule has 19 heavy (non-hydrogen) atoms. The number of halogens is 4. The van der Waals surface area contributed by atoms with E-state index in [0.29, 0.717) is 15.9 Å². The highest BCUT2D eigenvalue weighted by Crippen LogP contribution is 2.31. The Hall–Kier alpha value is -0.480. The second kappa shape index (κ2) is 6.31. The van der Waals surface area contributed by atoms with Crippen LogP contribution >= 0.6 is 50.7 Å². The minimum absolute atomic E-state index is 0.0512. The Morgan fingerprint density at radius 1 is 1.11 bits per heavy atom. The van der Waals surface area contributed by atoms with E-state index in [9.17, 15) is 0 Å². The maximum absolute atomic E-state index is 6.08. The van der Waals surface area contributed by atoms with Gasteiger partial charge in [0.25, 0.3) is 0 Å². The Morgan fingerprint density at radius 2 is 1.74 bits per heavy atom. The zero-order chi connectivity index (χ0) is 14.0. The molecule has 1 atom stereocenters. The first-order valence-electron chi connectivity index (χ1n) is 5.51. The molecule has 0 fully saturated rings. The minimum Gasteiger partial charge on any atom is -0.362 e. The molecule has 1 unspecified atom stereocenters. The van der Waals surface area contributed by atoms with Gasteiger partial charge in [-0.1, -0.05) is 62.9 Å². The highest BCUT2D eigenvalue weighted by atomic mass is 79.9. The zero-order valence-corrected chi connectivity index (χ0v) is 13.8. The molecule has 0 saturated carbocycles. The normalized spacial score (nSPS) is 12.3. The molecular weight excluding hydrogens is 370 g/mol. The number of nitrogens with one attached hydrogen (secondary N) is 1. The average molecular weight is 381 g/mol. The van der Waals surface area contributed by atoms with Crippen LogP contribution in [0, 0.1) is 0 Å². The molecule has 0 aliphatic rings. The van der Waals surface area contributed by atoms with Crippen molar-refractivity contribution < 1.29 is 0 Å². The van der Waals surface area contributed by atoms with Gasteiger partial charge in [-0.15, -0.1) is 0 Å². The molecule has 0 aliphatic heterocycles. The van der Waals surface area contributed by atoms with Crippen molar-refractivity contribution in [1.29, 1.82) is 0 Å². The van der Waals surface area contributed by atoms with Crippen molar-refractivity contribution in [1.82, 2.24) is 4.98 Å². The summed E-state index contributed by atoms with van der Waals surface area (Å²) in [4.78, 5) is 4.14. The van der Waals surface area contributed by atoms with Crippen LogP contribution in [-0.2, 0) is 0 Å². The summed E-state index contributed by atoms with van der Waals surface area (Å²) in [5, 5.41) is 4.23. The summed E-state index contributed by atoms with van der Waals surface area (Å²) in [7, 11) is 0. The van der Waals surface area contributed by atoms with Crippen LogP contribution in [0.15, 0.2) is 34.8 Å². The molecule has 1 N–H and O–H groups in total. The molecule has 1 aromatic heterocycles. The molecule has 0 bridgehead atoms. The van der Waals surface area contributed by atoms with Crippen molar-refractivity contribution >= 4 is 56.6 Å². The molecule has 0 saturated heterocycles. The molecule has 1 aromatic carbocycles. The third kappa shape index (κ3) is 3.76. The van der Waals surface area contributed by atoms with Gasteiger partial charge in [0.2, 0.25) is 0 Å². The van der Waals surface area contributed by atoms with Gasteiger partial charge < -0.3 is 5.32 Å². The van der Waals surface area contributed by atoms with E-state index in [1.165, 1.54) is 0 Å². The summed E-state index contributed by atoms with van der Waals surface area (Å²) in [6, 6.07) is 9.64. The van der Waals surface area contributed by atoms with E-state index in [1.807, 2.05) is 31.2 Å². The van der Waals surface area contributed by atoms with Gasteiger partial charge in [-0.3, -0.25) is 0 Å². The SMILES string of the molecule is CC(Nc1nc(Cl)c(Cl)cc1Cl)c1ccc(Br)cc1. The van der Waals surface area contributed by atoms with E-state index >= 15 is 0 Å². The molecule has 0 amide bonds. The van der Waals surface area contributed by atoms with Crippen molar-refractivity contribution in [3.05, 3.63) is 55.6 Å². The third-order valence-corrected chi connectivity index (χ3v) is 4.10. The molecule has 1 heterocycles. The second-order valence-corrected chi connectivity index (χ2v) is 6.10. The minimum atomic E-state index is 0.0512. The number of hydrogen-bond acceptors (Lipinski definition) is 2. The summed E-state index contributed by atoms with van der Waals surface area (Å²) in [6.07, 6.45) is 0. The van der Waals surface area contributed by atoms with Crippen LogP contribution in [0.4, 0.5) is 5.82 Å². The molecule has 2 rings (SSSR count). The fourth-order valence-electron chi connectivity index (χ4n) is 1.59. The second-order valence-electron chi connectivity index (χ2n) is 4.01. The smallest absolute Gasteiger partial charge is 0.150 e. The van der Waals surface area contributed by atoms with E-state index < -0.39 is 0 Å². The van der Waals surface area contributed by atoms with Crippen LogP contribution in [0.1, 0.15) is 18.5 Å². The number of pyridine rings is 1. The molecule has 0 spiro atoms. The van der Waals surface area contributed by atoms with E-state index in [-0.39, 0.29) is 11.2 Å². The number of anilines is 1. The number of hydrogen-bond donors (Lipinski definition) is 1. The first kappa shape index (κ1) is 14.9. The predicted octanol–water partition coefficient (Wildman–Crippen LogP) is 5.98. The van der Waals surface area contributed by atoms with Crippen molar-refractivity contribution in [2.45, 2.75) is 13.0 Å². The van der Waals surface area contributed by atoms with Crippen molar-refractivity contribution in [3.63, 3.8) is 0 Å². The predicted molar refractivity (Wildman–Crippen MR) is 85.4 cm³/mol. The quantitative estimate of drug-likeness (QED) is 0.663. The summed E-state index contributed by atoms with van der Waals surface area (Å²) < 4.78 is 1.04. The Balaban J connectivity index is 2.21. The summed E-state index contributed by atoms with van der Waals surface area (Å²) >= 11 is 21.2. The van der Waals surface area contributed by atoms with Gasteiger partial charge in [0.05, 0.1) is 10.0 Å². The van der Waals surface area contributed by atoms with E-state index in [0.717, 1.165) is 10.0 Å². The maximum Gasteiger partial charge on any atom is 0.150 e. The van der Waals surface area contributed by atoms with Crippen LogP contribution in [0.5, 0.6) is 0 Å². The van der Waals surface area contributed by atoms with Gasteiger partial charge in [-0.2, -0.15) is 0 Å². The first-order chi connectivity index (χ1) is 8.97. The van der Waals surface area contributed by atoms with Gasteiger partial charge in [0.1, 0.15) is 11.0 Å². The lowest BCUT2D eigenvalue weighted by Gasteiger charge is -2.16. The largest absolute Gasteiger partial charge is 0.362 e. The van der Waals surface area contributed by atoms with Crippen LogP contribution in [0.3, 0.4) is 0 Å². The molecule has 100 valence electrons. The number of aromatic nitrogens is 1. The molecular formula is C13H10BrCl3N2. The van der Waals surface area contributed by atoms with E-state index in [2.05, 4.69) is 26.2 Å². The average Bonchev–Trinajstić information content (AvgIpc) is 2.36. The van der Waals surface area contributed by atoms with Crippen molar-refractivity contribution in [2.75, 3.05) is 5.32 Å². The van der Waals surface area contributed by atoms with Gasteiger partial charge in [0, 0.05) is 10.5 Å².